The number of aliphatic hydroxyl groups is 1. The van der Waals surface area contributed by atoms with Crippen LogP contribution in [0.2, 0.25) is 0 Å². The van der Waals surface area contributed by atoms with Crippen molar-refractivity contribution < 1.29 is 9.90 Å². The number of hydrogen-bond acceptors (Lipinski definition) is 4. The van der Waals surface area contributed by atoms with E-state index in [0.29, 0.717) is 6.42 Å². The van der Waals surface area contributed by atoms with Crippen LogP contribution < -0.4 is 10.6 Å². The van der Waals surface area contributed by atoms with E-state index in [2.05, 4.69) is 20.8 Å². The zero-order valence-corrected chi connectivity index (χ0v) is 13.6. The molecule has 24 heavy (non-hydrogen) atoms. The lowest BCUT2D eigenvalue weighted by Crippen LogP contribution is -2.43. The van der Waals surface area contributed by atoms with E-state index in [1.54, 1.807) is 0 Å². The molecule has 0 saturated heterocycles. The van der Waals surface area contributed by atoms with Crippen molar-refractivity contribution in [3.8, 4) is 0 Å². The summed E-state index contributed by atoms with van der Waals surface area (Å²) in [4.78, 5) is 12.4. The van der Waals surface area contributed by atoms with Crippen LogP contribution in [0.3, 0.4) is 0 Å². The Labute approximate surface area is 140 Å². The Balaban J connectivity index is 1.47. The second-order valence-corrected chi connectivity index (χ2v) is 6.52. The molecule has 2 aromatic rings. The second-order valence-electron chi connectivity index (χ2n) is 6.52. The summed E-state index contributed by atoms with van der Waals surface area (Å²) in [6.45, 7) is 2.81. The first-order valence-electron chi connectivity index (χ1n) is 8.36. The Hall–Kier alpha value is -2.41. The molecule has 1 aliphatic carbocycles. The summed E-state index contributed by atoms with van der Waals surface area (Å²) in [6, 6.07) is 7.02. The molecule has 2 amide bonds. The number of nitrogens with zero attached hydrogens (tertiary/aromatic N) is 3. The first kappa shape index (κ1) is 15.1. The Morgan fingerprint density at radius 2 is 2.12 bits per heavy atom. The van der Waals surface area contributed by atoms with Crippen LogP contribution in [0.1, 0.15) is 47.7 Å². The topological polar surface area (TPSA) is 92.1 Å². The summed E-state index contributed by atoms with van der Waals surface area (Å²) in [6.07, 6.45) is 1.80. The number of aliphatic hydroxyl groups excluding tert-OH is 1. The van der Waals surface area contributed by atoms with E-state index in [9.17, 15) is 9.90 Å². The fraction of sp³-hybridized carbons (Fsp3) is 0.471. The summed E-state index contributed by atoms with van der Waals surface area (Å²) in [5.41, 5.74) is 2.08. The fourth-order valence-electron chi connectivity index (χ4n) is 3.74. The minimum Gasteiger partial charge on any atom is -0.390 e. The molecule has 126 valence electrons. The Morgan fingerprint density at radius 3 is 3.00 bits per heavy atom. The average molecular weight is 327 g/mol. The maximum Gasteiger partial charge on any atom is 0.315 e. The number of benzene rings is 1. The number of aromatic nitrogens is 3. The quantitative estimate of drug-likeness (QED) is 0.777. The first-order valence-corrected chi connectivity index (χ1v) is 8.36. The molecule has 3 atom stereocenters. The normalized spacial score (nSPS) is 25.0. The summed E-state index contributed by atoms with van der Waals surface area (Å²) in [5.74, 6) is 1.68. The number of urea groups is 1. The monoisotopic (exact) mass is 327 g/mol. The van der Waals surface area contributed by atoms with Crippen molar-refractivity contribution in [1.82, 2.24) is 25.4 Å². The van der Waals surface area contributed by atoms with Crippen molar-refractivity contribution in [2.75, 3.05) is 0 Å². The molecule has 1 aromatic carbocycles. The van der Waals surface area contributed by atoms with Gasteiger partial charge in [0, 0.05) is 13.0 Å². The molecule has 4 rings (SSSR count). The number of aryl methyl sites for hydroxylation is 1. The molecule has 3 unspecified atom stereocenters. The van der Waals surface area contributed by atoms with Gasteiger partial charge < -0.3 is 20.3 Å². The summed E-state index contributed by atoms with van der Waals surface area (Å²) >= 11 is 0. The van der Waals surface area contributed by atoms with Crippen LogP contribution in [0, 0.1) is 6.92 Å². The van der Waals surface area contributed by atoms with E-state index >= 15 is 0 Å². The average Bonchev–Trinajstić information content (AvgIpc) is 3.10. The van der Waals surface area contributed by atoms with E-state index in [0.717, 1.165) is 42.2 Å². The molecule has 0 fully saturated rings. The third kappa shape index (κ3) is 2.54. The largest absolute Gasteiger partial charge is 0.390 e. The van der Waals surface area contributed by atoms with Gasteiger partial charge in [-0.15, -0.1) is 10.2 Å². The number of hydrogen-bond donors (Lipinski definition) is 3. The molecule has 0 saturated carbocycles. The van der Waals surface area contributed by atoms with Crippen LogP contribution in [0.5, 0.6) is 0 Å². The SMILES string of the molecule is Cc1nnc2n1CCCC2NC(=O)NC1c2ccccc2CC1O. The van der Waals surface area contributed by atoms with Crippen molar-refractivity contribution in [1.29, 1.82) is 0 Å². The van der Waals surface area contributed by atoms with Gasteiger partial charge in [0.2, 0.25) is 0 Å². The van der Waals surface area contributed by atoms with Gasteiger partial charge in [-0.1, -0.05) is 24.3 Å². The Morgan fingerprint density at radius 1 is 1.29 bits per heavy atom. The smallest absolute Gasteiger partial charge is 0.315 e. The Bertz CT molecular complexity index is 772. The standard InChI is InChI=1S/C17H21N5O2/c1-10-20-21-16-13(7-4-8-22(10)16)18-17(24)19-15-12-6-3-2-5-11(12)9-14(15)23/h2-3,5-6,13-15,23H,4,7-9H2,1H3,(H2,18,19,24). The molecule has 7 heteroatoms. The highest BCUT2D eigenvalue weighted by atomic mass is 16.3. The van der Waals surface area contributed by atoms with Crippen LogP contribution >= 0.6 is 0 Å². The molecule has 1 aromatic heterocycles. The minimum atomic E-state index is -0.592. The van der Waals surface area contributed by atoms with Crippen LogP contribution in [0.4, 0.5) is 4.79 Å². The highest BCUT2D eigenvalue weighted by Crippen LogP contribution is 2.31. The highest BCUT2D eigenvalue weighted by Gasteiger charge is 2.33. The van der Waals surface area contributed by atoms with Crippen LogP contribution in [-0.2, 0) is 13.0 Å². The van der Waals surface area contributed by atoms with Gasteiger partial charge in [-0.25, -0.2) is 4.79 Å². The number of carbonyl (C=O) groups excluding carboxylic acids is 1. The van der Waals surface area contributed by atoms with E-state index in [1.807, 2.05) is 35.8 Å². The Kier molecular flexibility index (Phi) is 3.72. The molecular formula is C17H21N5O2. The molecule has 3 N–H and O–H groups in total. The van der Waals surface area contributed by atoms with E-state index in [-0.39, 0.29) is 18.1 Å². The summed E-state index contributed by atoms with van der Waals surface area (Å²) < 4.78 is 2.05. The predicted molar refractivity (Wildman–Crippen MR) is 87.3 cm³/mol. The molecule has 0 bridgehead atoms. The van der Waals surface area contributed by atoms with Gasteiger partial charge in [-0.05, 0) is 30.9 Å². The van der Waals surface area contributed by atoms with Gasteiger partial charge in [0.1, 0.15) is 5.82 Å². The molecule has 0 radical (unpaired) electrons. The van der Waals surface area contributed by atoms with Gasteiger partial charge in [-0.3, -0.25) is 0 Å². The van der Waals surface area contributed by atoms with Crippen LogP contribution in [-0.4, -0.2) is 32.0 Å². The molecule has 2 heterocycles. The van der Waals surface area contributed by atoms with Crippen molar-refractivity contribution in [3.05, 3.63) is 47.0 Å². The van der Waals surface area contributed by atoms with Gasteiger partial charge in [0.25, 0.3) is 0 Å². The lowest BCUT2D eigenvalue weighted by molar-refractivity contribution is 0.141. The third-order valence-corrected chi connectivity index (χ3v) is 4.95. The minimum absolute atomic E-state index is 0.145. The van der Waals surface area contributed by atoms with Crippen LogP contribution in [0.25, 0.3) is 0 Å². The van der Waals surface area contributed by atoms with Gasteiger partial charge in [-0.2, -0.15) is 0 Å². The van der Waals surface area contributed by atoms with Crippen molar-refractivity contribution in [2.45, 2.75) is 50.9 Å². The lowest BCUT2D eigenvalue weighted by atomic mass is 10.1. The van der Waals surface area contributed by atoms with Crippen molar-refractivity contribution in [3.63, 3.8) is 0 Å². The van der Waals surface area contributed by atoms with E-state index in [4.69, 9.17) is 0 Å². The van der Waals surface area contributed by atoms with E-state index in [1.165, 1.54) is 0 Å². The zero-order chi connectivity index (χ0) is 16.7. The maximum absolute atomic E-state index is 12.4. The van der Waals surface area contributed by atoms with Crippen LogP contribution in [0.15, 0.2) is 24.3 Å². The molecule has 1 aliphatic heterocycles. The first-order chi connectivity index (χ1) is 11.6. The molecule has 7 nitrogen and oxygen atoms in total. The van der Waals surface area contributed by atoms with Gasteiger partial charge in [0.15, 0.2) is 5.82 Å². The molecule has 0 spiro atoms. The molecule has 2 aliphatic rings. The van der Waals surface area contributed by atoms with Gasteiger partial charge in [0.05, 0.1) is 18.2 Å². The third-order valence-electron chi connectivity index (χ3n) is 4.95. The number of nitrogens with one attached hydrogen (secondary N) is 2. The summed E-state index contributed by atoms with van der Waals surface area (Å²) in [7, 11) is 0. The second kappa shape index (κ2) is 5.90. The number of carbonyl (C=O) groups is 1. The predicted octanol–water partition coefficient (Wildman–Crippen LogP) is 1.38. The lowest BCUT2D eigenvalue weighted by Gasteiger charge is -2.26. The zero-order valence-electron chi connectivity index (χ0n) is 13.6. The highest BCUT2D eigenvalue weighted by molar-refractivity contribution is 5.75. The number of fused-ring (bicyclic) bond motifs is 2. The van der Waals surface area contributed by atoms with Crippen molar-refractivity contribution >= 4 is 6.03 Å². The van der Waals surface area contributed by atoms with E-state index < -0.39 is 6.10 Å². The summed E-state index contributed by atoms with van der Waals surface area (Å²) in [5, 5.41) is 24.4. The molecular weight excluding hydrogens is 306 g/mol. The number of rotatable bonds is 2. The maximum atomic E-state index is 12.4. The fourth-order valence-corrected chi connectivity index (χ4v) is 3.74. The van der Waals surface area contributed by atoms with Gasteiger partial charge >= 0.3 is 6.03 Å². The van der Waals surface area contributed by atoms with Crippen molar-refractivity contribution in [2.24, 2.45) is 0 Å². The number of amides is 2.